The third kappa shape index (κ3) is 3.93. The minimum absolute atomic E-state index is 0.314. The lowest BCUT2D eigenvalue weighted by atomic mass is 10.1. The summed E-state index contributed by atoms with van der Waals surface area (Å²) in [4.78, 5) is 0. The van der Waals surface area contributed by atoms with Gasteiger partial charge in [-0.1, -0.05) is 23.7 Å². The topological polar surface area (TPSA) is 32.3 Å². The van der Waals surface area contributed by atoms with Crippen LogP contribution in [0.4, 0.5) is 10.1 Å². The van der Waals surface area contributed by atoms with Gasteiger partial charge in [0.1, 0.15) is 5.82 Å². The van der Waals surface area contributed by atoms with E-state index in [2.05, 4.69) is 21.2 Å². The van der Waals surface area contributed by atoms with Crippen LogP contribution >= 0.6 is 27.5 Å². The number of aliphatic hydroxyl groups is 1. The van der Waals surface area contributed by atoms with Crippen LogP contribution in [0.5, 0.6) is 0 Å². The number of benzene rings is 2. The Hall–Kier alpha value is -1.10. The average Bonchev–Trinajstić information content (AvgIpc) is 2.40. The average molecular weight is 345 g/mol. The van der Waals surface area contributed by atoms with Crippen molar-refractivity contribution < 1.29 is 9.50 Å². The van der Waals surface area contributed by atoms with Crippen molar-refractivity contribution in [1.82, 2.24) is 0 Å². The molecule has 1 unspecified atom stereocenters. The molecule has 0 heterocycles. The number of aliphatic hydroxyl groups excluding tert-OH is 1. The molecule has 1 atom stereocenters. The first-order valence-corrected chi connectivity index (χ1v) is 6.86. The number of halogens is 3. The molecule has 100 valence electrons. The summed E-state index contributed by atoms with van der Waals surface area (Å²) in [5.74, 6) is -0.314. The molecule has 0 saturated carbocycles. The maximum atomic E-state index is 12.8. The summed E-state index contributed by atoms with van der Waals surface area (Å²) < 4.78 is 13.6. The molecule has 0 fully saturated rings. The standard InChI is InChI=1S/C14H12BrClFNO/c15-12-7-11(5-6-13(12)16)18-8-14(19)9-1-3-10(17)4-2-9/h1-7,14,18-19H,8H2. The fraction of sp³-hybridized carbons (Fsp3) is 0.143. The third-order valence-electron chi connectivity index (χ3n) is 2.67. The predicted octanol–water partition coefficient (Wildman–Crippen LogP) is 4.39. The Kier molecular flexibility index (Phi) is 4.80. The summed E-state index contributed by atoms with van der Waals surface area (Å²) in [6.45, 7) is 0.333. The Morgan fingerprint density at radius 1 is 1.21 bits per heavy atom. The van der Waals surface area contributed by atoms with Gasteiger partial charge in [0.25, 0.3) is 0 Å². The van der Waals surface area contributed by atoms with Gasteiger partial charge in [-0.3, -0.25) is 0 Å². The van der Waals surface area contributed by atoms with Crippen LogP contribution < -0.4 is 5.32 Å². The SMILES string of the molecule is OC(CNc1ccc(Cl)c(Br)c1)c1ccc(F)cc1. The number of anilines is 1. The molecule has 0 amide bonds. The molecule has 19 heavy (non-hydrogen) atoms. The van der Waals surface area contributed by atoms with Gasteiger partial charge in [0.15, 0.2) is 0 Å². The molecule has 5 heteroatoms. The predicted molar refractivity (Wildman–Crippen MR) is 79.0 cm³/mol. The molecular formula is C14H12BrClFNO. The van der Waals surface area contributed by atoms with Crippen LogP contribution in [0.3, 0.4) is 0 Å². The van der Waals surface area contributed by atoms with Crippen molar-refractivity contribution in [2.24, 2.45) is 0 Å². The molecule has 2 rings (SSSR count). The maximum absolute atomic E-state index is 12.8. The second kappa shape index (κ2) is 6.37. The quantitative estimate of drug-likeness (QED) is 0.862. The summed E-state index contributed by atoms with van der Waals surface area (Å²) in [6.07, 6.45) is -0.699. The highest BCUT2D eigenvalue weighted by Crippen LogP contribution is 2.26. The van der Waals surface area contributed by atoms with E-state index >= 15 is 0 Å². The number of hydrogen-bond donors (Lipinski definition) is 2. The lowest BCUT2D eigenvalue weighted by Gasteiger charge is -2.13. The van der Waals surface area contributed by atoms with Gasteiger partial charge in [-0.15, -0.1) is 0 Å². The summed E-state index contributed by atoms with van der Waals surface area (Å²) in [5.41, 5.74) is 1.51. The second-order valence-corrected chi connectivity index (χ2v) is 5.34. The van der Waals surface area contributed by atoms with Gasteiger partial charge in [-0.25, -0.2) is 4.39 Å². The van der Waals surface area contributed by atoms with Crippen molar-refractivity contribution in [1.29, 1.82) is 0 Å². The van der Waals surface area contributed by atoms with Crippen LogP contribution in [0.2, 0.25) is 5.02 Å². The van der Waals surface area contributed by atoms with Crippen molar-refractivity contribution in [3.05, 3.63) is 63.3 Å². The van der Waals surface area contributed by atoms with Gasteiger partial charge in [-0.05, 0) is 51.8 Å². The first-order valence-electron chi connectivity index (χ1n) is 5.69. The fourth-order valence-corrected chi connectivity index (χ4v) is 2.12. The Bertz CT molecular complexity index is 562. The first-order chi connectivity index (χ1) is 9.06. The molecule has 0 spiro atoms. The Morgan fingerprint density at radius 3 is 2.53 bits per heavy atom. The van der Waals surface area contributed by atoms with Gasteiger partial charge >= 0.3 is 0 Å². The van der Waals surface area contributed by atoms with Crippen LogP contribution in [0, 0.1) is 5.82 Å². The van der Waals surface area contributed by atoms with E-state index in [1.165, 1.54) is 12.1 Å². The molecule has 2 N–H and O–H groups in total. The molecule has 0 aliphatic carbocycles. The molecule has 2 nitrogen and oxygen atoms in total. The first kappa shape index (κ1) is 14.3. The highest BCUT2D eigenvalue weighted by molar-refractivity contribution is 9.10. The van der Waals surface area contributed by atoms with E-state index in [4.69, 9.17) is 11.6 Å². The van der Waals surface area contributed by atoms with E-state index in [-0.39, 0.29) is 5.82 Å². The van der Waals surface area contributed by atoms with Crippen LogP contribution in [-0.4, -0.2) is 11.7 Å². The Balaban J connectivity index is 1.98. The van der Waals surface area contributed by atoms with E-state index in [1.807, 2.05) is 12.1 Å². The van der Waals surface area contributed by atoms with Gasteiger partial charge in [-0.2, -0.15) is 0 Å². The minimum Gasteiger partial charge on any atom is -0.387 e. The van der Waals surface area contributed by atoms with E-state index in [0.29, 0.717) is 17.1 Å². The molecule has 0 saturated heterocycles. The third-order valence-corrected chi connectivity index (χ3v) is 3.89. The van der Waals surface area contributed by atoms with Gasteiger partial charge < -0.3 is 10.4 Å². The van der Waals surface area contributed by atoms with E-state index in [0.717, 1.165) is 10.2 Å². The summed E-state index contributed by atoms with van der Waals surface area (Å²) in [7, 11) is 0. The van der Waals surface area contributed by atoms with Crippen molar-refractivity contribution in [2.75, 3.05) is 11.9 Å². The normalized spacial score (nSPS) is 12.2. The highest BCUT2D eigenvalue weighted by Gasteiger charge is 2.07. The van der Waals surface area contributed by atoms with Crippen LogP contribution in [0.25, 0.3) is 0 Å². The zero-order valence-corrected chi connectivity index (χ0v) is 12.2. The minimum atomic E-state index is -0.699. The van der Waals surface area contributed by atoms with Gasteiger partial charge in [0.05, 0.1) is 11.1 Å². The van der Waals surface area contributed by atoms with Gasteiger partial charge in [0.2, 0.25) is 0 Å². The molecule has 2 aromatic carbocycles. The Labute approximate surface area is 124 Å². The van der Waals surface area contributed by atoms with Crippen LogP contribution in [0.1, 0.15) is 11.7 Å². The van der Waals surface area contributed by atoms with Crippen molar-refractivity contribution in [3.8, 4) is 0 Å². The molecule has 2 aromatic rings. The highest BCUT2D eigenvalue weighted by atomic mass is 79.9. The Morgan fingerprint density at radius 2 is 1.89 bits per heavy atom. The monoisotopic (exact) mass is 343 g/mol. The van der Waals surface area contributed by atoms with Crippen molar-refractivity contribution in [2.45, 2.75) is 6.10 Å². The number of rotatable bonds is 4. The number of nitrogens with one attached hydrogen (secondary N) is 1. The molecule has 0 aliphatic rings. The fourth-order valence-electron chi connectivity index (χ4n) is 1.62. The molecule has 0 bridgehead atoms. The second-order valence-electron chi connectivity index (χ2n) is 4.08. The molecule has 0 aromatic heterocycles. The zero-order valence-electron chi connectivity index (χ0n) is 9.91. The molecular weight excluding hydrogens is 333 g/mol. The summed E-state index contributed by atoms with van der Waals surface area (Å²) >= 11 is 9.22. The van der Waals surface area contributed by atoms with E-state index < -0.39 is 6.10 Å². The molecule has 0 radical (unpaired) electrons. The largest absolute Gasteiger partial charge is 0.387 e. The van der Waals surface area contributed by atoms with Crippen molar-refractivity contribution in [3.63, 3.8) is 0 Å². The zero-order chi connectivity index (χ0) is 13.8. The van der Waals surface area contributed by atoms with Crippen LogP contribution in [-0.2, 0) is 0 Å². The maximum Gasteiger partial charge on any atom is 0.123 e. The van der Waals surface area contributed by atoms with Crippen molar-refractivity contribution >= 4 is 33.2 Å². The van der Waals surface area contributed by atoms with E-state index in [1.54, 1.807) is 18.2 Å². The lowest BCUT2D eigenvalue weighted by Crippen LogP contribution is -2.12. The lowest BCUT2D eigenvalue weighted by molar-refractivity contribution is 0.191. The summed E-state index contributed by atoms with van der Waals surface area (Å²) in [5, 5.41) is 13.7. The number of hydrogen-bond acceptors (Lipinski definition) is 2. The van der Waals surface area contributed by atoms with Gasteiger partial charge in [0, 0.05) is 16.7 Å². The summed E-state index contributed by atoms with van der Waals surface area (Å²) in [6, 6.07) is 11.2. The molecule has 0 aliphatic heterocycles. The smallest absolute Gasteiger partial charge is 0.123 e. The van der Waals surface area contributed by atoms with E-state index in [9.17, 15) is 9.50 Å². The van der Waals surface area contributed by atoms with Crippen LogP contribution in [0.15, 0.2) is 46.9 Å².